The first-order valence-corrected chi connectivity index (χ1v) is 5.24. The lowest BCUT2D eigenvalue weighted by Crippen LogP contribution is -2.00. The second-order valence-electron chi connectivity index (χ2n) is 2.66. The summed E-state index contributed by atoms with van der Waals surface area (Å²) >= 11 is 11.5. The van der Waals surface area contributed by atoms with Crippen LogP contribution in [0.15, 0.2) is 29.3 Å². The Balaban J connectivity index is 2.93. The third kappa shape index (κ3) is 2.89. The Hall–Kier alpha value is -0.730. The first kappa shape index (κ1) is 11.3. The summed E-state index contributed by atoms with van der Waals surface area (Å²) in [5.74, 6) is 0.484. The molecule has 1 rings (SSSR count). The lowest BCUT2D eigenvalue weighted by molar-refractivity contribution is 1.14. The molecular formula is C10H12Cl2N2. The van der Waals surface area contributed by atoms with Gasteiger partial charge in [0, 0.05) is 24.2 Å². The number of benzene rings is 1. The van der Waals surface area contributed by atoms with Crippen LogP contribution in [0.2, 0.25) is 0 Å². The molecule has 0 unspecified atom stereocenters. The number of nitrogens with one attached hydrogen (secondary N) is 1. The van der Waals surface area contributed by atoms with Crippen molar-refractivity contribution < 1.29 is 0 Å². The van der Waals surface area contributed by atoms with Gasteiger partial charge in [0.25, 0.3) is 0 Å². The molecule has 1 aromatic rings. The van der Waals surface area contributed by atoms with Gasteiger partial charge >= 0.3 is 0 Å². The van der Waals surface area contributed by atoms with Crippen LogP contribution >= 0.6 is 23.2 Å². The van der Waals surface area contributed by atoms with Gasteiger partial charge < -0.3 is 5.32 Å². The lowest BCUT2D eigenvalue weighted by atomic mass is 10.2. The van der Waals surface area contributed by atoms with Crippen LogP contribution in [0.1, 0.15) is 5.56 Å². The van der Waals surface area contributed by atoms with Crippen molar-refractivity contribution in [1.29, 1.82) is 0 Å². The summed E-state index contributed by atoms with van der Waals surface area (Å²) in [7, 11) is 1.85. The Kier molecular flexibility index (Phi) is 4.77. The molecule has 76 valence electrons. The van der Waals surface area contributed by atoms with Crippen molar-refractivity contribution in [2.45, 2.75) is 0 Å². The molecule has 0 radical (unpaired) electrons. The fourth-order valence-electron chi connectivity index (χ4n) is 1.11. The van der Waals surface area contributed by atoms with E-state index in [1.807, 2.05) is 31.3 Å². The fourth-order valence-corrected chi connectivity index (χ4v) is 1.44. The first-order chi connectivity index (χ1) is 6.79. The van der Waals surface area contributed by atoms with Gasteiger partial charge in [0.2, 0.25) is 0 Å². The molecule has 0 saturated heterocycles. The summed E-state index contributed by atoms with van der Waals surface area (Å²) in [6, 6.07) is 7.75. The molecule has 1 N–H and O–H groups in total. The summed E-state index contributed by atoms with van der Waals surface area (Å²) in [4.78, 5) is 4.13. The summed E-state index contributed by atoms with van der Waals surface area (Å²) in [5, 5.41) is 3.55. The fraction of sp³-hybridized carbons (Fsp3) is 0.300. The second kappa shape index (κ2) is 5.89. The molecule has 0 aliphatic carbocycles. The van der Waals surface area contributed by atoms with E-state index >= 15 is 0 Å². The Morgan fingerprint density at radius 2 is 2.14 bits per heavy atom. The zero-order chi connectivity index (χ0) is 10.4. The number of hydrogen-bond donors (Lipinski definition) is 1. The number of anilines is 1. The van der Waals surface area contributed by atoms with Crippen molar-refractivity contribution in [3.63, 3.8) is 0 Å². The van der Waals surface area contributed by atoms with Gasteiger partial charge in [-0.3, -0.25) is 4.99 Å². The lowest BCUT2D eigenvalue weighted by Gasteiger charge is -2.06. The molecule has 1 aromatic carbocycles. The van der Waals surface area contributed by atoms with Crippen molar-refractivity contribution in [3.05, 3.63) is 29.8 Å². The molecule has 0 aliphatic rings. The average molecular weight is 231 g/mol. The summed E-state index contributed by atoms with van der Waals surface area (Å²) in [6.45, 7) is 0.540. The summed E-state index contributed by atoms with van der Waals surface area (Å²) in [5.41, 5.74) is 1.87. The SMILES string of the molecule is CNc1ccccc1C(Cl)=NCCCl. The topological polar surface area (TPSA) is 24.4 Å². The number of para-hydroxylation sites is 1. The summed E-state index contributed by atoms with van der Waals surface area (Å²) < 4.78 is 0. The van der Waals surface area contributed by atoms with Gasteiger partial charge in [0.05, 0.1) is 6.54 Å². The van der Waals surface area contributed by atoms with Crippen LogP contribution in [0, 0.1) is 0 Å². The monoisotopic (exact) mass is 230 g/mol. The zero-order valence-corrected chi connectivity index (χ0v) is 9.44. The van der Waals surface area contributed by atoms with E-state index < -0.39 is 0 Å². The van der Waals surface area contributed by atoms with E-state index in [2.05, 4.69) is 10.3 Å². The van der Waals surface area contributed by atoms with Gasteiger partial charge in [-0.15, -0.1) is 11.6 Å². The highest BCUT2D eigenvalue weighted by Gasteiger charge is 2.03. The van der Waals surface area contributed by atoms with Gasteiger partial charge in [-0.1, -0.05) is 23.7 Å². The van der Waals surface area contributed by atoms with E-state index in [1.165, 1.54) is 0 Å². The predicted molar refractivity (Wildman–Crippen MR) is 64.0 cm³/mol. The minimum atomic E-state index is 0.484. The minimum Gasteiger partial charge on any atom is -0.388 e. The van der Waals surface area contributed by atoms with E-state index in [9.17, 15) is 0 Å². The number of alkyl halides is 1. The molecule has 14 heavy (non-hydrogen) atoms. The Morgan fingerprint density at radius 3 is 2.79 bits per heavy atom. The van der Waals surface area contributed by atoms with Crippen LogP contribution in [0.4, 0.5) is 5.69 Å². The highest BCUT2D eigenvalue weighted by atomic mass is 35.5. The normalized spacial score (nSPS) is 11.5. The number of nitrogens with zero attached hydrogens (tertiary/aromatic N) is 1. The number of halogens is 2. The van der Waals surface area contributed by atoms with E-state index in [0.717, 1.165) is 11.3 Å². The molecule has 0 saturated carbocycles. The zero-order valence-electron chi connectivity index (χ0n) is 7.93. The van der Waals surface area contributed by atoms with E-state index in [1.54, 1.807) is 0 Å². The van der Waals surface area contributed by atoms with E-state index in [-0.39, 0.29) is 0 Å². The molecular weight excluding hydrogens is 219 g/mol. The van der Waals surface area contributed by atoms with Gasteiger partial charge in [-0.05, 0) is 12.1 Å². The van der Waals surface area contributed by atoms with E-state index in [4.69, 9.17) is 23.2 Å². The molecule has 0 heterocycles. The van der Waals surface area contributed by atoms with Gasteiger partial charge in [-0.25, -0.2) is 0 Å². The van der Waals surface area contributed by atoms with E-state index in [0.29, 0.717) is 17.6 Å². The van der Waals surface area contributed by atoms with Crippen LogP contribution < -0.4 is 5.32 Å². The molecule has 0 atom stereocenters. The molecule has 0 aromatic heterocycles. The maximum Gasteiger partial charge on any atom is 0.133 e. The largest absolute Gasteiger partial charge is 0.388 e. The quantitative estimate of drug-likeness (QED) is 0.625. The molecule has 0 bridgehead atoms. The molecule has 0 amide bonds. The number of aliphatic imine (C=N–C) groups is 1. The maximum absolute atomic E-state index is 6.02. The third-order valence-electron chi connectivity index (χ3n) is 1.75. The van der Waals surface area contributed by atoms with Gasteiger partial charge in [0.15, 0.2) is 0 Å². The van der Waals surface area contributed by atoms with Crippen LogP contribution in [0.25, 0.3) is 0 Å². The summed E-state index contributed by atoms with van der Waals surface area (Å²) in [6.07, 6.45) is 0. The molecule has 0 aliphatic heterocycles. The van der Waals surface area contributed by atoms with Gasteiger partial charge in [0.1, 0.15) is 5.17 Å². The van der Waals surface area contributed by atoms with Crippen molar-refractivity contribution >= 4 is 34.1 Å². The maximum atomic E-state index is 6.02. The molecule has 2 nitrogen and oxygen atoms in total. The van der Waals surface area contributed by atoms with Crippen molar-refractivity contribution in [2.75, 3.05) is 24.8 Å². The van der Waals surface area contributed by atoms with Gasteiger partial charge in [-0.2, -0.15) is 0 Å². The van der Waals surface area contributed by atoms with Crippen molar-refractivity contribution in [1.82, 2.24) is 0 Å². The number of hydrogen-bond acceptors (Lipinski definition) is 2. The predicted octanol–water partition coefficient (Wildman–Crippen LogP) is 2.95. The highest BCUT2D eigenvalue weighted by Crippen LogP contribution is 2.17. The highest BCUT2D eigenvalue weighted by molar-refractivity contribution is 6.70. The molecule has 0 spiro atoms. The second-order valence-corrected chi connectivity index (χ2v) is 3.39. The average Bonchev–Trinajstić information content (AvgIpc) is 2.25. The third-order valence-corrected chi connectivity index (χ3v) is 2.25. The Bertz CT molecular complexity index is 324. The van der Waals surface area contributed by atoms with Crippen LogP contribution in [0.3, 0.4) is 0 Å². The molecule has 4 heteroatoms. The van der Waals surface area contributed by atoms with Crippen molar-refractivity contribution in [2.24, 2.45) is 4.99 Å². The van der Waals surface area contributed by atoms with Crippen molar-refractivity contribution in [3.8, 4) is 0 Å². The smallest absolute Gasteiger partial charge is 0.133 e. The Morgan fingerprint density at radius 1 is 1.43 bits per heavy atom. The Labute approximate surface area is 93.9 Å². The standard InChI is InChI=1S/C10H12Cl2N2/c1-13-9-5-3-2-4-8(9)10(12)14-7-6-11/h2-5,13H,6-7H2,1H3. The van der Waals surface area contributed by atoms with Crippen LogP contribution in [0.5, 0.6) is 0 Å². The number of rotatable bonds is 4. The van der Waals surface area contributed by atoms with Crippen LogP contribution in [-0.2, 0) is 0 Å². The molecule has 0 fully saturated rings. The first-order valence-electron chi connectivity index (χ1n) is 4.32. The van der Waals surface area contributed by atoms with Crippen LogP contribution in [-0.4, -0.2) is 24.6 Å². The minimum absolute atomic E-state index is 0.484.